The van der Waals surface area contributed by atoms with E-state index in [1.165, 1.54) is 0 Å². The molecule has 35 heavy (non-hydrogen) atoms. The first-order valence-electron chi connectivity index (χ1n) is 10.9. The first-order chi connectivity index (χ1) is 17.1. The molecule has 8 heteroatoms. The molecule has 5 aromatic rings. The van der Waals surface area contributed by atoms with E-state index >= 15 is 0 Å². The van der Waals surface area contributed by atoms with Crippen molar-refractivity contribution in [1.29, 1.82) is 0 Å². The predicted octanol–water partition coefficient (Wildman–Crippen LogP) is 4.68. The number of esters is 1. The first kappa shape index (κ1) is 22.2. The van der Waals surface area contributed by atoms with Crippen molar-refractivity contribution in [2.24, 2.45) is 0 Å². The fourth-order valence-corrected chi connectivity index (χ4v) is 3.82. The summed E-state index contributed by atoms with van der Waals surface area (Å²) in [4.78, 5) is 13.2. The van der Waals surface area contributed by atoms with Gasteiger partial charge in [0.1, 0.15) is 17.0 Å². The van der Waals surface area contributed by atoms with Gasteiger partial charge in [-0.3, -0.25) is 0 Å². The molecular formula is C27H21N3O5. The number of carbonyl (C=O) groups excluding carboxylic acids is 1. The van der Waals surface area contributed by atoms with Gasteiger partial charge in [0.05, 0.1) is 0 Å². The summed E-state index contributed by atoms with van der Waals surface area (Å²) >= 11 is 0. The molecule has 0 saturated heterocycles. The van der Waals surface area contributed by atoms with Crippen LogP contribution < -0.4 is 0 Å². The fraction of sp³-hybridized carbons (Fsp3) is 0.111. The van der Waals surface area contributed by atoms with Crippen molar-refractivity contribution in [3.8, 4) is 22.7 Å². The molecule has 2 heterocycles. The van der Waals surface area contributed by atoms with Gasteiger partial charge in [-0.1, -0.05) is 96.2 Å². The smallest absolute Gasteiger partial charge is 0.348 e. The van der Waals surface area contributed by atoms with Crippen molar-refractivity contribution in [2.75, 3.05) is 0 Å². The molecular weight excluding hydrogens is 446 g/mol. The number of aromatic nitrogens is 3. The summed E-state index contributed by atoms with van der Waals surface area (Å²) in [5, 5.41) is 23.7. The zero-order chi connectivity index (χ0) is 24.3. The summed E-state index contributed by atoms with van der Waals surface area (Å²) in [5.41, 5.74) is 0.729. The maximum absolute atomic E-state index is 13.2. The number of nitrogens with zero attached hydrogens (tertiary/aromatic N) is 3. The molecule has 0 bridgehead atoms. The molecule has 0 spiro atoms. The summed E-state index contributed by atoms with van der Waals surface area (Å²) in [5.74, 6) is -0.0918. The Labute approximate surface area is 200 Å². The molecule has 0 saturated carbocycles. The van der Waals surface area contributed by atoms with E-state index in [-0.39, 0.29) is 18.4 Å². The summed E-state index contributed by atoms with van der Waals surface area (Å²) in [6.07, 6.45) is 0. The summed E-state index contributed by atoms with van der Waals surface area (Å²) in [6.45, 7) is 1.43. The Bertz CT molecular complexity index is 1390. The number of hydrogen-bond acceptors (Lipinski definition) is 8. The maximum Gasteiger partial charge on any atom is 0.348 e. The monoisotopic (exact) mass is 467 g/mol. The highest BCUT2D eigenvalue weighted by Crippen LogP contribution is 2.34. The van der Waals surface area contributed by atoms with E-state index in [9.17, 15) is 9.90 Å². The average Bonchev–Trinajstić information content (AvgIpc) is 3.54. The number of carbonyl (C=O) groups is 1. The standard InChI is InChI=1S/C27H21N3O5/c1-18-23(24(30-35-18)19-11-5-2-6-12-19)25-29-28-22(34-25)17-33-26(31)27(32,20-13-7-3-8-14-20)21-15-9-4-10-16-21/h2-16,32H,17H2,1H3. The second-order valence-electron chi connectivity index (χ2n) is 7.85. The number of rotatable bonds is 7. The van der Waals surface area contributed by atoms with Crippen LogP contribution in [0.3, 0.4) is 0 Å². The number of hydrogen-bond donors (Lipinski definition) is 1. The lowest BCUT2D eigenvalue weighted by Crippen LogP contribution is -2.38. The van der Waals surface area contributed by atoms with E-state index in [0.29, 0.717) is 28.1 Å². The Morgan fingerprint density at radius 3 is 2.06 bits per heavy atom. The van der Waals surface area contributed by atoms with Gasteiger partial charge < -0.3 is 18.8 Å². The van der Waals surface area contributed by atoms with E-state index in [2.05, 4.69) is 15.4 Å². The van der Waals surface area contributed by atoms with Crippen LogP contribution in [0.1, 0.15) is 22.8 Å². The van der Waals surface area contributed by atoms with E-state index in [1.807, 2.05) is 30.3 Å². The topological polar surface area (TPSA) is 111 Å². The molecule has 1 N–H and O–H groups in total. The predicted molar refractivity (Wildman–Crippen MR) is 126 cm³/mol. The second-order valence-corrected chi connectivity index (χ2v) is 7.85. The lowest BCUT2D eigenvalue weighted by Gasteiger charge is -2.26. The van der Waals surface area contributed by atoms with E-state index in [0.717, 1.165) is 5.56 Å². The SMILES string of the molecule is Cc1onc(-c2ccccc2)c1-c1nnc(COC(=O)C(O)(c2ccccc2)c2ccccc2)o1. The third-order valence-corrected chi connectivity index (χ3v) is 5.60. The van der Waals surface area contributed by atoms with E-state index < -0.39 is 11.6 Å². The minimum Gasteiger partial charge on any atom is -0.453 e. The van der Waals surface area contributed by atoms with Gasteiger partial charge in [-0.25, -0.2) is 4.79 Å². The maximum atomic E-state index is 13.2. The minimum absolute atomic E-state index is 0.0661. The van der Waals surface area contributed by atoms with Gasteiger partial charge in [0, 0.05) is 5.56 Å². The van der Waals surface area contributed by atoms with Gasteiger partial charge in [-0.2, -0.15) is 0 Å². The molecule has 0 unspecified atom stereocenters. The van der Waals surface area contributed by atoms with Crippen LogP contribution in [0.2, 0.25) is 0 Å². The van der Waals surface area contributed by atoms with Crippen LogP contribution in [0.25, 0.3) is 22.7 Å². The van der Waals surface area contributed by atoms with Crippen molar-refractivity contribution in [2.45, 2.75) is 19.1 Å². The molecule has 8 nitrogen and oxygen atoms in total. The molecule has 2 aromatic heterocycles. The van der Waals surface area contributed by atoms with Gasteiger partial charge in [0.2, 0.25) is 5.60 Å². The zero-order valence-corrected chi connectivity index (χ0v) is 18.8. The Balaban J connectivity index is 1.39. The van der Waals surface area contributed by atoms with Crippen LogP contribution in [-0.2, 0) is 21.7 Å². The molecule has 0 amide bonds. The molecule has 174 valence electrons. The Kier molecular flexibility index (Phi) is 5.95. The lowest BCUT2D eigenvalue weighted by atomic mass is 9.86. The Morgan fingerprint density at radius 1 is 0.886 bits per heavy atom. The Morgan fingerprint density at radius 2 is 1.46 bits per heavy atom. The lowest BCUT2D eigenvalue weighted by molar-refractivity contribution is -0.164. The van der Waals surface area contributed by atoms with Gasteiger partial charge >= 0.3 is 5.97 Å². The van der Waals surface area contributed by atoms with Gasteiger partial charge in [0.15, 0.2) is 6.61 Å². The van der Waals surface area contributed by atoms with Gasteiger partial charge in [-0.15, -0.1) is 10.2 Å². The van der Waals surface area contributed by atoms with Crippen LogP contribution in [0.5, 0.6) is 0 Å². The fourth-order valence-electron chi connectivity index (χ4n) is 3.82. The molecule has 0 fully saturated rings. The molecule has 0 atom stereocenters. The third-order valence-electron chi connectivity index (χ3n) is 5.60. The molecule has 0 radical (unpaired) electrons. The minimum atomic E-state index is -2.00. The molecule has 0 aliphatic carbocycles. The van der Waals surface area contributed by atoms with Crippen LogP contribution in [0.4, 0.5) is 0 Å². The van der Waals surface area contributed by atoms with Crippen molar-refractivity contribution >= 4 is 5.97 Å². The highest BCUT2D eigenvalue weighted by atomic mass is 16.6. The third kappa shape index (κ3) is 4.22. The van der Waals surface area contributed by atoms with Gasteiger partial charge in [0.25, 0.3) is 11.8 Å². The van der Waals surface area contributed by atoms with Crippen LogP contribution in [0, 0.1) is 6.92 Å². The number of ether oxygens (including phenoxy) is 1. The van der Waals surface area contributed by atoms with Crippen molar-refractivity contribution in [3.63, 3.8) is 0 Å². The van der Waals surface area contributed by atoms with Gasteiger partial charge in [-0.05, 0) is 18.1 Å². The molecule has 0 aliphatic rings. The van der Waals surface area contributed by atoms with Crippen LogP contribution >= 0.6 is 0 Å². The zero-order valence-electron chi connectivity index (χ0n) is 18.8. The van der Waals surface area contributed by atoms with Crippen molar-refractivity contribution < 1.29 is 23.6 Å². The molecule has 0 aliphatic heterocycles. The van der Waals surface area contributed by atoms with Crippen LogP contribution in [0.15, 0.2) is 99.9 Å². The van der Waals surface area contributed by atoms with Crippen molar-refractivity contribution in [3.05, 3.63) is 114 Å². The summed E-state index contributed by atoms with van der Waals surface area (Å²) < 4.78 is 16.6. The Hall–Kier alpha value is -4.56. The first-order valence-corrected chi connectivity index (χ1v) is 10.9. The number of aryl methyl sites for hydroxylation is 1. The summed E-state index contributed by atoms with van der Waals surface area (Å²) in [6, 6.07) is 26.7. The summed E-state index contributed by atoms with van der Waals surface area (Å²) in [7, 11) is 0. The van der Waals surface area contributed by atoms with E-state index in [4.69, 9.17) is 13.7 Å². The quantitative estimate of drug-likeness (QED) is 0.344. The average molecular weight is 467 g/mol. The second kappa shape index (κ2) is 9.36. The molecule has 5 rings (SSSR count). The van der Waals surface area contributed by atoms with Crippen molar-refractivity contribution in [1.82, 2.24) is 15.4 Å². The van der Waals surface area contributed by atoms with Crippen LogP contribution in [-0.4, -0.2) is 26.4 Å². The normalized spacial score (nSPS) is 11.4. The highest BCUT2D eigenvalue weighted by molar-refractivity contribution is 5.85. The highest BCUT2D eigenvalue weighted by Gasteiger charge is 2.41. The largest absolute Gasteiger partial charge is 0.453 e. The number of aliphatic hydroxyl groups is 1. The van der Waals surface area contributed by atoms with E-state index in [1.54, 1.807) is 67.6 Å². The number of benzene rings is 3. The molecule has 3 aromatic carbocycles.